The predicted octanol–water partition coefficient (Wildman–Crippen LogP) is 5.13. The number of nitrogens with one attached hydrogen (secondary N) is 1. The lowest BCUT2D eigenvalue weighted by molar-refractivity contribution is -0.274. The van der Waals surface area contributed by atoms with Gasteiger partial charge in [-0.15, -0.1) is 13.2 Å². The lowest BCUT2D eigenvalue weighted by Gasteiger charge is -2.38. The lowest BCUT2D eigenvalue weighted by Crippen LogP contribution is -2.54. The van der Waals surface area contributed by atoms with E-state index in [1.165, 1.54) is 23.1 Å². The Hall–Kier alpha value is -3.23. The summed E-state index contributed by atoms with van der Waals surface area (Å²) >= 11 is 0. The Bertz CT molecular complexity index is 1000. The molecule has 0 bridgehead atoms. The monoisotopic (exact) mass is 450 g/mol. The molecule has 1 heterocycles. The number of carbonyl (C=O) groups is 2. The number of rotatable bonds is 4. The summed E-state index contributed by atoms with van der Waals surface area (Å²) in [5.74, 6) is -0.757. The number of carbonyl (C=O) groups excluding carboxylic acids is 2. The van der Waals surface area contributed by atoms with Crippen LogP contribution in [0.15, 0.2) is 48.5 Å². The van der Waals surface area contributed by atoms with Crippen molar-refractivity contribution in [2.24, 2.45) is 0 Å². The third-order valence-electron chi connectivity index (χ3n) is 4.86. The van der Waals surface area contributed by atoms with Crippen molar-refractivity contribution >= 4 is 17.7 Å². The maximum absolute atomic E-state index is 13.4. The number of nitrogens with zero attached hydrogens (tertiary/aromatic N) is 1. The van der Waals surface area contributed by atoms with Gasteiger partial charge in [-0.1, -0.05) is 30.3 Å². The molecular formula is C23H25F3N2O4. The van der Waals surface area contributed by atoms with Gasteiger partial charge in [0, 0.05) is 12.1 Å². The first-order chi connectivity index (χ1) is 14.8. The number of hydrogen-bond donors (Lipinski definition) is 1. The van der Waals surface area contributed by atoms with E-state index in [1.807, 2.05) is 12.1 Å². The van der Waals surface area contributed by atoms with Gasteiger partial charge in [0.2, 0.25) is 0 Å². The second-order valence-corrected chi connectivity index (χ2v) is 8.54. The summed E-state index contributed by atoms with van der Waals surface area (Å²) in [7, 11) is 0. The van der Waals surface area contributed by atoms with Crippen LogP contribution < -0.4 is 15.0 Å². The minimum Gasteiger partial charge on any atom is -0.444 e. The van der Waals surface area contributed by atoms with Crippen LogP contribution in [0.2, 0.25) is 0 Å². The Balaban J connectivity index is 1.91. The standard InChI is InChI=1S/C23H25F3N2O4/c1-14(15-9-7-10-17(12-15)31-23(24,25)26)28-19-11-6-5-8-16(19)13-18(20(28)29)27-21(30)32-22(2,3)4/h5-12,14,18H,13H2,1-4H3,(H,27,30)/t14-,18+/m0/s1. The number of alkyl halides is 3. The van der Waals surface area contributed by atoms with Crippen molar-refractivity contribution in [1.82, 2.24) is 5.32 Å². The highest BCUT2D eigenvalue weighted by Gasteiger charge is 2.38. The normalized spacial score (nSPS) is 17.4. The number of alkyl carbamates (subject to hydrolysis) is 1. The molecule has 3 rings (SSSR count). The molecule has 2 aromatic rings. The molecule has 0 fully saturated rings. The Labute approximate surface area is 184 Å². The number of fused-ring (bicyclic) bond motifs is 1. The van der Waals surface area contributed by atoms with Crippen LogP contribution in [0.4, 0.5) is 23.7 Å². The maximum atomic E-state index is 13.4. The van der Waals surface area contributed by atoms with Gasteiger partial charge in [-0.05, 0) is 57.0 Å². The van der Waals surface area contributed by atoms with Gasteiger partial charge in [-0.25, -0.2) is 4.79 Å². The van der Waals surface area contributed by atoms with Gasteiger partial charge >= 0.3 is 12.5 Å². The van der Waals surface area contributed by atoms with Crippen molar-refractivity contribution in [2.45, 2.75) is 58.2 Å². The molecular weight excluding hydrogens is 425 g/mol. The Morgan fingerprint density at radius 1 is 1.12 bits per heavy atom. The zero-order chi connectivity index (χ0) is 23.7. The summed E-state index contributed by atoms with van der Waals surface area (Å²) in [6, 6.07) is 11.2. The van der Waals surface area contributed by atoms with E-state index < -0.39 is 30.1 Å². The van der Waals surface area contributed by atoms with Crippen LogP contribution in [-0.4, -0.2) is 30.0 Å². The molecule has 1 N–H and O–H groups in total. The molecule has 0 radical (unpaired) electrons. The van der Waals surface area contributed by atoms with Gasteiger partial charge in [0.25, 0.3) is 5.91 Å². The molecule has 0 aliphatic carbocycles. The fourth-order valence-corrected chi connectivity index (χ4v) is 3.59. The SMILES string of the molecule is C[C@@H](c1cccc(OC(F)(F)F)c1)N1C(=O)[C@H](NC(=O)OC(C)(C)C)Cc2ccccc21. The molecule has 0 unspecified atom stereocenters. The van der Waals surface area contributed by atoms with Crippen LogP contribution >= 0.6 is 0 Å². The van der Waals surface area contributed by atoms with Gasteiger partial charge in [0.1, 0.15) is 17.4 Å². The summed E-state index contributed by atoms with van der Waals surface area (Å²) in [5, 5.41) is 2.62. The molecule has 6 nitrogen and oxygen atoms in total. The van der Waals surface area contributed by atoms with Gasteiger partial charge in [-0.3, -0.25) is 4.79 Å². The predicted molar refractivity (Wildman–Crippen MR) is 112 cm³/mol. The minimum atomic E-state index is -4.82. The molecule has 1 aliphatic heterocycles. The van der Waals surface area contributed by atoms with E-state index in [1.54, 1.807) is 45.9 Å². The number of benzene rings is 2. The largest absolute Gasteiger partial charge is 0.573 e. The van der Waals surface area contributed by atoms with Crippen molar-refractivity contribution in [3.8, 4) is 5.75 Å². The highest BCUT2D eigenvalue weighted by molar-refractivity contribution is 6.02. The minimum absolute atomic E-state index is 0.273. The molecule has 0 aromatic heterocycles. The third kappa shape index (κ3) is 5.72. The number of ether oxygens (including phenoxy) is 2. The fourth-order valence-electron chi connectivity index (χ4n) is 3.59. The molecule has 1 aliphatic rings. The quantitative estimate of drug-likeness (QED) is 0.701. The first-order valence-electron chi connectivity index (χ1n) is 10.1. The van der Waals surface area contributed by atoms with Crippen molar-refractivity contribution in [3.63, 3.8) is 0 Å². The molecule has 172 valence electrons. The zero-order valence-corrected chi connectivity index (χ0v) is 18.2. The number of amides is 2. The van der Waals surface area contributed by atoms with Crippen LogP contribution in [0.5, 0.6) is 5.75 Å². The van der Waals surface area contributed by atoms with Crippen LogP contribution in [0.3, 0.4) is 0 Å². The topological polar surface area (TPSA) is 67.9 Å². The highest BCUT2D eigenvalue weighted by Crippen LogP contribution is 2.36. The van der Waals surface area contributed by atoms with E-state index in [9.17, 15) is 22.8 Å². The molecule has 2 amide bonds. The summed E-state index contributed by atoms with van der Waals surface area (Å²) in [6.45, 7) is 6.86. The molecule has 2 atom stereocenters. The van der Waals surface area contributed by atoms with E-state index in [2.05, 4.69) is 10.1 Å². The second-order valence-electron chi connectivity index (χ2n) is 8.54. The number of halogens is 3. The van der Waals surface area contributed by atoms with E-state index in [0.717, 1.165) is 5.56 Å². The highest BCUT2D eigenvalue weighted by atomic mass is 19.4. The Kier molecular flexibility index (Phi) is 6.39. The molecule has 0 saturated carbocycles. The van der Waals surface area contributed by atoms with Gasteiger partial charge < -0.3 is 19.7 Å². The summed E-state index contributed by atoms with van der Waals surface area (Å²) < 4.78 is 47.2. The fraction of sp³-hybridized carbons (Fsp3) is 0.391. The van der Waals surface area contributed by atoms with Crippen molar-refractivity contribution in [3.05, 3.63) is 59.7 Å². The average molecular weight is 450 g/mol. The Morgan fingerprint density at radius 3 is 2.47 bits per heavy atom. The van der Waals surface area contributed by atoms with Crippen LogP contribution in [0, 0.1) is 0 Å². The lowest BCUT2D eigenvalue weighted by atomic mass is 9.94. The number of anilines is 1. The first kappa shape index (κ1) is 23.4. The summed E-state index contributed by atoms with van der Waals surface area (Å²) in [6.07, 6.45) is -5.27. The van der Waals surface area contributed by atoms with Crippen molar-refractivity contribution < 1.29 is 32.2 Å². The third-order valence-corrected chi connectivity index (χ3v) is 4.86. The summed E-state index contributed by atoms with van der Waals surface area (Å²) in [5.41, 5.74) is 1.18. The Morgan fingerprint density at radius 2 is 1.81 bits per heavy atom. The van der Waals surface area contributed by atoms with Gasteiger partial charge in [0.05, 0.1) is 6.04 Å². The van der Waals surface area contributed by atoms with Crippen molar-refractivity contribution in [1.29, 1.82) is 0 Å². The molecule has 9 heteroatoms. The van der Waals surface area contributed by atoms with E-state index in [0.29, 0.717) is 11.3 Å². The van der Waals surface area contributed by atoms with E-state index in [4.69, 9.17) is 4.74 Å². The van der Waals surface area contributed by atoms with E-state index in [-0.39, 0.29) is 18.1 Å². The van der Waals surface area contributed by atoms with Crippen LogP contribution in [0.1, 0.15) is 44.9 Å². The maximum Gasteiger partial charge on any atom is 0.573 e. The van der Waals surface area contributed by atoms with Gasteiger partial charge in [0.15, 0.2) is 0 Å². The second kappa shape index (κ2) is 8.72. The summed E-state index contributed by atoms with van der Waals surface area (Å²) in [4.78, 5) is 27.1. The molecule has 32 heavy (non-hydrogen) atoms. The van der Waals surface area contributed by atoms with Crippen molar-refractivity contribution in [2.75, 3.05) is 4.90 Å². The number of para-hydroxylation sites is 1. The van der Waals surface area contributed by atoms with Gasteiger partial charge in [-0.2, -0.15) is 0 Å². The average Bonchev–Trinajstić information content (AvgIpc) is 2.65. The molecule has 0 saturated heterocycles. The number of hydrogen-bond acceptors (Lipinski definition) is 4. The molecule has 0 spiro atoms. The smallest absolute Gasteiger partial charge is 0.444 e. The molecule has 2 aromatic carbocycles. The first-order valence-corrected chi connectivity index (χ1v) is 10.1. The van der Waals surface area contributed by atoms with Crippen LogP contribution in [0.25, 0.3) is 0 Å². The van der Waals surface area contributed by atoms with Crippen LogP contribution in [-0.2, 0) is 16.0 Å². The zero-order valence-electron chi connectivity index (χ0n) is 18.2. The van der Waals surface area contributed by atoms with E-state index >= 15 is 0 Å².